The third kappa shape index (κ3) is 2.08. The highest BCUT2D eigenvalue weighted by Crippen LogP contribution is 2.48. The Morgan fingerprint density at radius 3 is 1.71 bits per heavy atom. The van der Waals surface area contributed by atoms with E-state index in [4.69, 9.17) is 5.73 Å². The van der Waals surface area contributed by atoms with Gasteiger partial charge in [-0.15, -0.1) is 0 Å². The first kappa shape index (κ1) is 11.1. The van der Waals surface area contributed by atoms with Gasteiger partial charge in [0, 0.05) is 5.69 Å². The third-order valence-electron chi connectivity index (χ3n) is 4.81. The van der Waals surface area contributed by atoms with Gasteiger partial charge in [-0.05, 0) is 60.5 Å². The van der Waals surface area contributed by atoms with Gasteiger partial charge < -0.3 is 5.73 Å². The van der Waals surface area contributed by atoms with E-state index in [9.17, 15) is 0 Å². The van der Waals surface area contributed by atoms with Crippen molar-refractivity contribution in [2.75, 3.05) is 5.73 Å². The fourth-order valence-electron chi connectivity index (χ4n) is 3.10. The zero-order valence-electron chi connectivity index (χ0n) is 10.9. The molecule has 2 N–H and O–H groups in total. The van der Waals surface area contributed by atoms with Gasteiger partial charge in [-0.2, -0.15) is 0 Å². The number of para-hydroxylation sites is 1. The van der Waals surface area contributed by atoms with Gasteiger partial charge in [-0.25, -0.2) is 0 Å². The minimum Gasteiger partial charge on any atom is -0.398 e. The van der Waals surface area contributed by atoms with Crippen LogP contribution in [-0.2, 0) is 0 Å². The maximum Gasteiger partial charge on any atom is 0.0384 e. The maximum absolute atomic E-state index is 6.42. The van der Waals surface area contributed by atoms with Gasteiger partial charge in [-0.1, -0.05) is 32.0 Å². The molecule has 0 unspecified atom stereocenters. The van der Waals surface area contributed by atoms with Crippen molar-refractivity contribution in [1.82, 2.24) is 0 Å². The molecular weight excluding hydrogens is 206 g/mol. The summed E-state index contributed by atoms with van der Waals surface area (Å²) in [5.41, 5.74) is 10.3. The Morgan fingerprint density at radius 1 is 0.941 bits per heavy atom. The Morgan fingerprint density at radius 2 is 1.35 bits per heavy atom. The van der Waals surface area contributed by atoms with Crippen LogP contribution in [0.2, 0.25) is 0 Å². The number of rotatable bonds is 4. The van der Waals surface area contributed by atoms with E-state index in [2.05, 4.69) is 32.0 Å². The first-order valence-electron chi connectivity index (χ1n) is 7.06. The number of nitrogen functional groups attached to an aromatic ring is 1. The first-order chi connectivity index (χ1) is 8.18. The van der Waals surface area contributed by atoms with E-state index in [0.29, 0.717) is 11.8 Å². The van der Waals surface area contributed by atoms with Crippen molar-refractivity contribution < 1.29 is 0 Å². The van der Waals surface area contributed by atoms with Gasteiger partial charge in [0.05, 0.1) is 0 Å². The number of hydrogen-bond acceptors (Lipinski definition) is 1. The minimum atomic E-state index is 0.654. The summed E-state index contributed by atoms with van der Waals surface area (Å²) < 4.78 is 0. The van der Waals surface area contributed by atoms with Crippen LogP contribution in [0.3, 0.4) is 0 Å². The Hall–Kier alpha value is -0.980. The molecule has 0 aliphatic heterocycles. The Kier molecular flexibility index (Phi) is 2.65. The molecule has 0 saturated heterocycles. The number of nitrogens with two attached hydrogens (primary N) is 1. The lowest BCUT2D eigenvalue weighted by Gasteiger charge is -2.20. The molecule has 17 heavy (non-hydrogen) atoms. The summed E-state index contributed by atoms with van der Waals surface area (Å²) in [4.78, 5) is 0. The molecule has 0 bridgehead atoms. The summed E-state index contributed by atoms with van der Waals surface area (Å²) in [5, 5.41) is 0. The third-order valence-corrected chi connectivity index (χ3v) is 4.81. The highest BCUT2D eigenvalue weighted by Gasteiger charge is 2.33. The van der Waals surface area contributed by atoms with E-state index < -0.39 is 0 Å². The lowest BCUT2D eigenvalue weighted by Crippen LogP contribution is -2.07. The summed E-state index contributed by atoms with van der Waals surface area (Å²) in [6.07, 6.45) is 5.57. The molecule has 2 aliphatic carbocycles. The Labute approximate surface area is 104 Å². The van der Waals surface area contributed by atoms with Crippen molar-refractivity contribution in [2.45, 2.75) is 51.4 Å². The van der Waals surface area contributed by atoms with Crippen LogP contribution in [0.5, 0.6) is 0 Å². The van der Waals surface area contributed by atoms with Crippen molar-refractivity contribution in [2.24, 2.45) is 11.8 Å². The standard InChI is InChI=1S/C16H23N/c1-10(12-6-7-12)14-4-3-5-15(16(14)17)11(2)13-8-9-13/h3-5,10-13H,6-9,17H2,1-2H3/t10-,11+. The van der Waals surface area contributed by atoms with Crippen LogP contribution in [0.15, 0.2) is 18.2 Å². The van der Waals surface area contributed by atoms with E-state index in [1.54, 1.807) is 0 Å². The highest BCUT2D eigenvalue weighted by atomic mass is 14.6. The van der Waals surface area contributed by atoms with Crippen LogP contribution in [0, 0.1) is 11.8 Å². The van der Waals surface area contributed by atoms with Crippen molar-refractivity contribution >= 4 is 5.69 Å². The van der Waals surface area contributed by atoms with Gasteiger partial charge in [0.25, 0.3) is 0 Å². The summed E-state index contributed by atoms with van der Waals surface area (Å²) in [5.74, 6) is 3.09. The van der Waals surface area contributed by atoms with Crippen LogP contribution in [-0.4, -0.2) is 0 Å². The smallest absolute Gasteiger partial charge is 0.0384 e. The zero-order valence-corrected chi connectivity index (χ0v) is 10.9. The molecule has 0 aromatic heterocycles. The molecule has 2 aliphatic rings. The molecule has 1 aromatic rings. The molecule has 0 spiro atoms. The van der Waals surface area contributed by atoms with Crippen LogP contribution < -0.4 is 5.73 Å². The lowest BCUT2D eigenvalue weighted by molar-refractivity contribution is 0.648. The predicted molar refractivity (Wildman–Crippen MR) is 73.1 cm³/mol. The SMILES string of the molecule is C[C@H](c1cccc([C@H](C)C2CC2)c1N)C1CC1. The molecular formula is C16H23N. The second kappa shape index (κ2) is 4.04. The van der Waals surface area contributed by atoms with Crippen molar-refractivity contribution in [3.05, 3.63) is 29.3 Å². The van der Waals surface area contributed by atoms with E-state index in [1.165, 1.54) is 36.8 Å². The summed E-state index contributed by atoms with van der Waals surface area (Å²) in [6.45, 7) is 4.68. The monoisotopic (exact) mass is 229 g/mol. The van der Waals surface area contributed by atoms with Gasteiger partial charge in [0.15, 0.2) is 0 Å². The average molecular weight is 229 g/mol. The van der Waals surface area contributed by atoms with Gasteiger partial charge in [0.2, 0.25) is 0 Å². The van der Waals surface area contributed by atoms with Crippen molar-refractivity contribution in [3.63, 3.8) is 0 Å². The molecule has 0 amide bonds. The van der Waals surface area contributed by atoms with E-state index in [-0.39, 0.29) is 0 Å². The fraction of sp³-hybridized carbons (Fsp3) is 0.625. The normalized spacial score (nSPS) is 23.4. The summed E-state index contributed by atoms with van der Waals surface area (Å²) >= 11 is 0. The van der Waals surface area contributed by atoms with Gasteiger partial charge in [-0.3, -0.25) is 0 Å². The molecule has 0 radical (unpaired) electrons. The van der Waals surface area contributed by atoms with Crippen LogP contribution in [0.25, 0.3) is 0 Å². The average Bonchev–Trinajstić information content (AvgIpc) is 3.20. The van der Waals surface area contributed by atoms with Crippen molar-refractivity contribution in [3.8, 4) is 0 Å². The van der Waals surface area contributed by atoms with Crippen LogP contribution >= 0.6 is 0 Å². The zero-order chi connectivity index (χ0) is 12.0. The number of anilines is 1. The maximum atomic E-state index is 6.42. The molecule has 2 saturated carbocycles. The predicted octanol–water partition coefficient (Wildman–Crippen LogP) is 4.30. The van der Waals surface area contributed by atoms with Gasteiger partial charge in [0.1, 0.15) is 0 Å². The van der Waals surface area contributed by atoms with Crippen LogP contribution in [0.4, 0.5) is 5.69 Å². The fourth-order valence-corrected chi connectivity index (χ4v) is 3.10. The largest absolute Gasteiger partial charge is 0.398 e. The molecule has 0 heterocycles. The Balaban J connectivity index is 1.91. The molecule has 3 rings (SSSR count). The summed E-state index contributed by atoms with van der Waals surface area (Å²) in [6, 6.07) is 6.68. The van der Waals surface area contributed by atoms with Crippen LogP contribution in [0.1, 0.15) is 62.5 Å². The number of hydrogen-bond donors (Lipinski definition) is 1. The molecule has 1 aromatic carbocycles. The minimum absolute atomic E-state index is 0.654. The lowest BCUT2D eigenvalue weighted by atomic mass is 9.87. The quantitative estimate of drug-likeness (QED) is 0.765. The second-order valence-electron chi connectivity index (χ2n) is 6.10. The van der Waals surface area contributed by atoms with E-state index in [1.807, 2.05) is 0 Å². The first-order valence-corrected chi connectivity index (χ1v) is 7.06. The molecule has 1 heteroatoms. The molecule has 2 atom stereocenters. The molecule has 2 fully saturated rings. The second-order valence-corrected chi connectivity index (χ2v) is 6.10. The molecule has 1 nitrogen and oxygen atoms in total. The number of benzene rings is 1. The van der Waals surface area contributed by atoms with Gasteiger partial charge >= 0.3 is 0 Å². The Bertz CT molecular complexity index is 379. The highest BCUT2D eigenvalue weighted by molar-refractivity contribution is 5.57. The van der Waals surface area contributed by atoms with E-state index in [0.717, 1.165) is 17.5 Å². The van der Waals surface area contributed by atoms with Crippen molar-refractivity contribution in [1.29, 1.82) is 0 Å². The summed E-state index contributed by atoms with van der Waals surface area (Å²) in [7, 11) is 0. The van der Waals surface area contributed by atoms with E-state index >= 15 is 0 Å². The molecule has 92 valence electrons. The topological polar surface area (TPSA) is 26.0 Å².